The molecule has 0 fully saturated rings. The van der Waals surface area contributed by atoms with Gasteiger partial charge < -0.3 is 4.42 Å². The summed E-state index contributed by atoms with van der Waals surface area (Å²) in [5.74, 6) is 0.573. The molecule has 1 heterocycles. The third kappa shape index (κ3) is 2.52. The van der Waals surface area contributed by atoms with E-state index in [1.54, 1.807) is 6.07 Å². The van der Waals surface area contributed by atoms with Crippen molar-refractivity contribution >= 4 is 53.6 Å². The van der Waals surface area contributed by atoms with Crippen molar-refractivity contribution in [2.75, 3.05) is 0 Å². The van der Waals surface area contributed by atoms with Crippen molar-refractivity contribution in [3.05, 3.63) is 79.8 Å². The van der Waals surface area contributed by atoms with Gasteiger partial charge in [0, 0.05) is 20.6 Å². The van der Waals surface area contributed by atoms with Crippen molar-refractivity contribution in [2.24, 2.45) is 0 Å². The molecule has 0 saturated carbocycles. The molecule has 2 nitrogen and oxygen atoms in total. The highest BCUT2D eigenvalue weighted by molar-refractivity contribution is 9.11. The average molecular weight is 430 g/mol. The van der Waals surface area contributed by atoms with Crippen LogP contribution in [0.1, 0.15) is 0 Å². The Labute approximate surface area is 149 Å². The molecule has 23 heavy (non-hydrogen) atoms. The third-order valence-electron chi connectivity index (χ3n) is 3.80. The van der Waals surface area contributed by atoms with Crippen LogP contribution in [0.3, 0.4) is 0 Å². The van der Waals surface area contributed by atoms with Crippen molar-refractivity contribution in [1.29, 1.82) is 0 Å². The Morgan fingerprint density at radius 1 is 0.870 bits per heavy atom. The topological polar surface area (TPSA) is 30.2 Å². The van der Waals surface area contributed by atoms with Crippen molar-refractivity contribution < 1.29 is 4.42 Å². The van der Waals surface area contributed by atoms with Gasteiger partial charge in [-0.3, -0.25) is 4.79 Å². The molecule has 4 rings (SSSR count). The summed E-state index contributed by atoms with van der Waals surface area (Å²) in [6, 6.07) is 19.3. The molecule has 4 heteroatoms. The van der Waals surface area contributed by atoms with E-state index in [1.807, 2.05) is 54.6 Å². The molecule has 0 N–H and O–H groups in total. The predicted molar refractivity (Wildman–Crippen MR) is 101 cm³/mol. The number of halogens is 2. The van der Waals surface area contributed by atoms with Crippen LogP contribution in [0, 0.1) is 0 Å². The SMILES string of the molecule is O=c1cc(-c2cccc3ccccc23)oc2cc(Br)cc(Br)c12. The molecule has 0 amide bonds. The minimum absolute atomic E-state index is 0.0615. The fourth-order valence-electron chi connectivity index (χ4n) is 2.78. The minimum Gasteiger partial charge on any atom is -0.456 e. The summed E-state index contributed by atoms with van der Waals surface area (Å²) in [5.41, 5.74) is 1.41. The first-order valence-electron chi connectivity index (χ1n) is 7.04. The van der Waals surface area contributed by atoms with Gasteiger partial charge in [0.2, 0.25) is 0 Å². The minimum atomic E-state index is -0.0615. The highest BCUT2D eigenvalue weighted by atomic mass is 79.9. The summed E-state index contributed by atoms with van der Waals surface area (Å²) in [7, 11) is 0. The maximum Gasteiger partial charge on any atom is 0.194 e. The molecule has 3 aromatic carbocycles. The van der Waals surface area contributed by atoms with Crippen LogP contribution in [0.2, 0.25) is 0 Å². The zero-order valence-corrected chi connectivity index (χ0v) is 15.0. The first-order chi connectivity index (χ1) is 11.1. The molecular weight excluding hydrogens is 420 g/mol. The average Bonchev–Trinajstić information content (AvgIpc) is 2.53. The zero-order chi connectivity index (χ0) is 16.0. The molecule has 0 aliphatic rings. The second-order valence-electron chi connectivity index (χ2n) is 5.26. The van der Waals surface area contributed by atoms with Gasteiger partial charge in [-0.25, -0.2) is 0 Å². The highest BCUT2D eigenvalue weighted by Crippen LogP contribution is 2.32. The van der Waals surface area contributed by atoms with Crippen LogP contribution in [-0.4, -0.2) is 0 Å². The smallest absolute Gasteiger partial charge is 0.194 e. The van der Waals surface area contributed by atoms with Crippen molar-refractivity contribution in [2.45, 2.75) is 0 Å². The third-order valence-corrected chi connectivity index (χ3v) is 4.89. The molecular formula is C19H10Br2O2. The van der Waals surface area contributed by atoms with Gasteiger partial charge in [-0.05, 0) is 38.8 Å². The Morgan fingerprint density at radius 3 is 2.52 bits per heavy atom. The molecule has 112 valence electrons. The largest absolute Gasteiger partial charge is 0.456 e. The second kappa shape index (κ2) is 5.62. The lowest BCUT2D eigenvalue weighted by molar-refractivity contribution is 0.619. The van der Waals surface area contributed by atoms with Crippen LogP contribution in [0.4, 0.5) is 0 Å². The standard InChI is InChI=1S/C19H10Br2O2/c20-12-8-15(21)19-16(22)10-17(23-18(19)9-12)14-7-3-5-11-4-1-2-6-13(11)14/h1-10H. The molecule has 0 bridgehead atoms. The van der Waals surface area contributed by atoms with E-state index < -0.39 is 0 Å². The molecule has 0 spiro atoms. The Kier molecular flexibility index (Phi) is 3.58. The number of hydrogen-bond acceptors (Lipinski definition) is 2. The van der Waals surface area contributed by atoms with Gasteiger partial charge in [0.05, 0.1) is 5.39 Å². The summed E-state index contributed by atoms with van der Waals surface area (Å²) in [6.45, 7) is 0. The fourth-order valence-corrected chi connectivity index (χ4v) is 4.16. The Morgan fingerprint density at radius 2 is 1.65 bits per heavy atom. The molecule has 0 radical (unpaired) electrons. The summed E-state index contributed by atoms with van der Waals surface area (Å²) in [4.78, 5) is 12.5. The van der Waals surface area contributed by atoms with E-state index in [2.05, 4.69) is 31.9 Å². The number of fused-ring (bicyclic) bond motifs is 2. The lowest BCUT2D eigenvalue weighted by atomic mass is 10.0. The van der Waals surface area contributed by atoms with Crippen molar-refractivity contribution in [3.8, 4) is 11.3 Å². The predicted octanol–water partition coefficient (Wildman–Crippen LogP) is 6.14. The molecule has 0 aliphatic heterocycles. The van der Waals surface area contributed by atoms with E-state index in [4.69, 9.17) is 4.42 Å². The molecule has 0 aliphatic carbocycles. The molecule has 0 saturated heterocycles. The van der Waals surface area contributed by atoms with E-state index in [0.29, 0.717) is 16.7 Å². The van der Waals surface area contributed by atoms with E-state index in [9.17, 15) is 4.79 Å². The lowest BCUT2D eigenvalue weighted by Crippen LogP contribution is -2.01. The van der Waals surface area contributed by atoms with Crippen molar-refractivity contribution in [3.63, 3.8) is 0 Å². The van der Waals surface area contributed by atoms with Gasteiger partial charge in [-0.15, -0.1) is 0 Å². The second-order valence-corrected chi connectivity index (χ2v) is 7.03. The first-order valence-corrected chi connectivity index (χ1v) is 8.63. The number of benzene rings is 3. The molecule has 0 atom stereocenters. The van der Waals surface area contributed by atoms with Crippen LogP contribution >= 0.6 is 31.9 Å². The maximum atomic E-state index is 12.5. The zero-order valence-electron chi connectivity index (χ0n) is 11.8. The Bertz CT molecular complexity index is 1110. The van der Waals surface area contributed by atoms with Gasteiger partial charge in [0.15, 0.2) is 5.43 Å². The highest BCUT2D eigenvalue weighted by Gasteiger charge is 2.12. The Balaban J connectivity index is 2.08. The molecule has 0 unspecified atom stereocenters. The van der Waals surface area contributed by atoms with Crippen LogP contribution in [0.25, 0.3) is 33.1 Å². The van der Waals surface area contributed by atoms with Gasteiger partial charge >= 0.3 is 0 Å². The number of rotatable bonds is 1. The summed E-state index contributed by atoms with van der Waals surface area (Å²) in [5, 5.41) is 2.73. The van der Waals surface area contributed by atoms with E-state index >= 15 is 0 Å². The van der Waals surface area contributed by atoms with E-state index in [0.717, 1.165) is 25.3 Å². The monoisotopic (exact) mass is 428 g/mol. The molecule has 4 aromatic rings. The van der Waals surface area contributed by atoms with E-state index in [1.165, 1.54) is 0 Å². The van der Waals surface area contributed by atoms with Gasteiger partial charge in [-0.1, -0.05) is 58.4 Å². The van der Waals surface area contributed by atoms with Gasteiger partial charge in [-0.2, -0.15) is 0 Å². The van der Waals surface area contributed by atoms with Gasteiger partial charge in [0.1, 0.15) is 11.3 Å². The van der Waals surface area contributed by atoms with Crippen LogP contribution in [0.5, 0.6) is 0 Å². The summed E-state index contributed by atoms with van der Waals surface area (Å²) < 4.78 is 7.62. The quantitative estimate of drug-likeness (QED) is 0.363. The normalized spacial score (nSPS) is 11.2. The van der Waals surface area contributed by atoms with Crippen LogP contribution in [-0.2, 0) is 0 Å². The molecule has 1 aromatic heterocycles. The van der Waals surface area contributed by atoms with Crippen LogP contribution < -0.4 is 5.43 Å². The summed E-state index contributed by atoms with van der Waals surface area (Å²) >= 11 is 6.87. The van der Waals surface area contributed by atoms with Crippen molar-refractivity contribution in [1.82, 2.24) is 0 Å². The summed E-state index contributed by atoms with van der Waals surface area (Å²) in [6.07, 6.45) is 0. The van der Waals surface area contributed by atoms with E-state index in [-0.39, 0.29) is 5.43 Å². The van der Waals surface area contributed by atoms with Crippen LogP contribution in [0.15, 0.2) is 78.8 Å². The first kappa shape index (κ1) is 14.7. The van der Waals surface area contributed by atoms with Gasteiger partial charge in [0.25, 0.3) is 0 Å². The number of hydrogen-bond donors (Lipinski definition) is 0. The lowest BCUT2D eigenvalue weighted by Gasteiger charge is -2.08. The fraction of sp³-hybridized carbons (Fsp3) is 0. The Hall–Kier alpha value is -1.91. The maximum absolute atomic E-state index is 12.5.